The van der Waals surface area contributed by atoms with Crippen LogP contribution in [0.5, 0.6) is 0 Å². The summed E-state index contributed by atoms with van der Waals surface area (Å²) < 4.78 is 5.52. The third-order valence-electron chi connectivity index (χ3n) is 6.17. The number of piperidine rings is 1. The van der Waals surface area contributed by atoms with E-state index in [1.165, 1.54) is 44.5 Å². The fourth-order valence-electron chi connectivity index (χ4n) is 4.47. The third-order valence-corrected chi connectivity index (χ3v) is 6.41. The van der Waals surface area contributed by atoms with Crippen LogP contribution in [-0.2, 0) is 4.74 Å². The molecule has 3 atom stereocenters. The van der Waals surface area contributed by atoms with Crippen LogP contribution in [0.1, 0.15) is 44.1 Å². The molecule has 0 amide bonds. The van der Waals surface area contributed by atoms with Crippen molar-refractivity contribution in [3.8, 4) is 0 Å². The van der Waals surface area contributed by atoms with Crippen LogP contribution in [0.3, 0.4) is 0 Å². The molecule has 6 heteroatoms. The molecule has 1 aromatic carbocycles. The summed E-state index contributed by atoms with van der Waals surface area (Å²) in [6.07, 6.45) is 4.73. The first-order valence-electron chi connectivity index (χ1n) is 10.8. The highest BCUT2D eigenvalue weighted by Gasteiger charge is 2.39. The average molecular weight is 405 g/mol. The molecule has 2 heterocycles. The zero-order valence-electron chi connectivity index (χ0n) is 16.9. The summed E-state index contributed by atoms with van der Waals surface area (Å²) in [5, 5.41) is 8.15. The monoisotopic (exact) mass is 404 g/mol. The molecule has 0 aromatic heterocycles. The molecule has 3 unspecified atom stereocenters. The van der Waals surface area contributed by atoms with E-state index in [9.17, 15) is 0 Å². The minimum absolute atomic E-state index is 0.457. The predicted octanol–water partition coefficient (Wildman–Crippen LogP) is 3.25. The van der Waals surface area contributed by atoms with Crippen LogP contribution in [-0.4, -0.2) is 62.3 Å². The standard InChI is InChI=1S/C22H33ClN4O/c1-2-24-22(26-21-13-20(21)17-4-3-5-18(23)12-17)25-19-6-9-27(10-7-19)14-16-8-11-28-15-16/h3-5,12,16,19-21H,2,6-11,13-15H2,1H3,(H2,24,25,26). The van der Waals surface area contributed by atoms with Crippen LogP contribution >= 0.6 is 11.6 Å². The smallest absolute Gasteiger partial charge is 0.191 e. The Morgan fingerprint density at radius 1 is 1.25 bits per heavy atom. The van der Waals surface area contributed by atoms with E-state index in [1.807, 2.05) is 12.1 Å². The molecule has 1 aliphatic carbocycles. The fourth-order valence-corrected chi connectivity index (χ4v) is 4.67. The fraction of sp³-hybridized carbons (Fsp3) is 0.682. The van der Waals surface area contributed by atoms with Gasteiger partial charge in [0.05, 0.1) is 6.61 Å². The van der Waals surface area contributed by atoms with Crippen LogP contribution < -0.4 is 10.6 Å². The molecule has 4 rings (SSSR count). The lowest BCUT2D eigenvalue weighted by atomic mass is 10.0. The quantitative estimate of drug-likeness (QED) is 0.564. The van der Waals surface area contributed by atoms with Crippen molar-refractivity contribution >= 4 is 17.6 Å². The molecule has 2 N–H and O–H groups in total. The van der Waals surface area contributed by atoms with Gasteiger partial charge in [-0.25, -0.2) is 0 Å². The Morgan fingerprint density at radius 2 is 2.11 bits per heavy atom. The summed E-state index contributed by atoms with van der Waals surface area (Å²) in [5.41, 5.74) is 1.32. The van der Waals surface area contributed by atoms with E-state index in [0.717, 1.165) is 43.1 Å². The molecule has 154 valence electrons. The summed E-state index contributed by atoms with van der Waals surface area (Å²) in [5.74, 6) is 2.25. The minimum atomic E-state index is 0.457. The Morgan fingerprint density at radius 3 is 2.82 bits per heavy atom. The van der Waals surface area contributed by atoms with Crippen LogP contribution in [0.15, 0.2) is 29.3 Å². The van der Waals surface area contributed by atoms with E-state index in [-0.39, 0.29) is 0 Å². The zero-order valence-corrected chi connectivity index (χ0v) is 17.6. The lowest BCUT2D eigenvalue weighted by Crippen LogP contribution is -2.50. The highest BCUT2D eigenvalue weighted by molar-refractivity contribution is 6.30. The molecule has 5 nitrogen and oxygen atoms in total. The number of hydrogen-bond donors (Lipinski definition) is 2. The summed E-state index contributed by atoms with van der Waals surface area (Å²) in [7, 11) is 0. The Bertz CT molecular complexity index is 668. The van der Waals surface area contributed by atoms with Gasteiger partial charge in [-0.3, -0.25) is 4.99 Å². The number of likely N-dealkylation sites (tertiary alicyclic amines) is 1. The van der Waals surface area contributed by atoms with Crippen molar-refractivity contribution in [3.05, 3.63) is 34.9 Å². The van der Waals surface area contributed by atoms with Gasteiger partial charge in [0.2, 0.25) is 0 Å². The molecule has 2 aliphatic heterocycles. The van der Waals surface area contributed by atoms with Gasteiger partial charge in [-0.15, -0.1) is 0 Å². The van der Waals surface area contributed by atoms with Crippen molar-refractivity contribution in [2.45, 2.75) is 50.6 Å². The van der Waals surface area contributed by atoms with Gasteiger partial charge in [0.1, 0.15) is 0 Å². The highest BCUT2D eigenvalue weighted by atomic mass is 35.5. The third kappa shape index (κ3) is 5.40. The number of guanidine groups is 1. The average Bonchev–Trinajstić information content (AvgIpc) is 3.26. The van der Waals surface area contributed by atoms with Gasteiger partial charge in [0, 0.05) is 55.8 Å². The normalized spacial score (nSPS) is 29.1. The van der Waals surface area contributed by atoms with E-state index in [0.29, 0.717) is 18.0 Å². The van der Waals surface area contributed by atoms with Crippen LogP contribution in [0.25, 0.3) is 0 Å². The first kappa shape index (κ1) is 20.0. The molecule has 0 bridgehead atoms. The van der Waals surface area contributed by atoms with Crippen molar-refractivity contribution in [1.82, 2.24) is 15.5 Å². The lowest BCUT2D eigenvalue weighted by molar-refractivity contribution is 0.150. The Kier molecular flexibility index (Phi) is 6.76. The van der Waals surface area contributed by atoms with Gasteiger partial charge in [0.25, 0.3) is 0 Å². The summed E-state index contributed by atoms with van der Waals surface area (Å²) >= 11 is 6.15. The number of benzene rings is 1. The van der Waals surface area contributed by atoms with E-state index in [4.69, 9.17) is 16.3 Å². The second kappa shape index (κ2) is 9.47. The Labute approximate surface area is 173 Å². The molecular weight excluding hydrogens is 372 g/mol. The first-order chi connectivity index (χ1) is 13.7. The predicted molar refractivity (Wildman–Crippen MR) is 115 cm³/mol. The topological polar surface area (TPSA) is 48.9 Å². The van der Waals surface area contributed by atoms with Gasteiger partial charge >= 0.3 is 0 Å². The van der Waals surface area contributed by atoms with Gasteiger partial charge in [0.15, 0.2) is 5.96 Å². The second-order valence-electron chi connectivity index (χ2n) is 8.42. The van der Waals surface area contributed by atoms with Gasteiger partial charge in [-0.05, 0) is 56.2 Å². The van der Waals surface area contributed by atoms with Crippen molar-refractivity contribution in [1.29, 1.82) is 0 Å². The van der Waals surface area contributed by atoms with Crippen molar-refractivity contribution in [2.75, 3.05) is 39.4 Å². The minimum Gasteiger partial charge on any atom is -0.381 e. The van der Waals surface area contributed by atoms with Crippen molar-refractivity contribution in [3.63, 3.8) is 0 Å². The van der Waals surface area contributed by atoms with Crippen LogP contribution in [0, 0.1) is 5.92 Å². The van der Waals surface area contributed by atoms with E-state index in [2.05, 4.69) is 39.6 Å². The maximum absolute atomic E-state index is 6.15. The molecule has 3 fully saturated rings. The van der Waals surface area contributed by atoms with Crippen LogP contribution in [0.2, 0.25) is 5.02 Å². The number of hydrogen-bond acceptors (Lipinski definition) is 3. The maximum Gasteiger partial charge on any atom is 0.191 e. The first-order valence-corrected chi connectivity index (χ1v) is 11.2. The number of nitrogens with one attached hydrogen (secondary N) is 2. The summed E-state index contributed by atoms with van der Waals surface area (Å²) in [4.78, 5) is 7.29. The SMILES string of the molecule is CCN=C(NC1CCN(CC2CCOC2)CC1)NC1CC1c1cccc(Cl)c1. The van der Waals surface area contributed by atoms with Gasteiger partial charge in [-0.2, -0.15) is 0 Å². The second-order valence-corrected chi connectivity index (χ2v) is 8.86. The molecule has 2 saturated heterocycles. The van der Waals surface area contributed by atoms with Gasteiger partial charge < -0.3 is 20.3 Å². The van der Waals surface area contributed by atoms with E-state index < -0.39 is 0 Å². The van der Waals surface area contributed by atoms with E-state index in [1.54, 1.807) is 0 Å². The molecular formula is C22H33ClN4O. The molecule has 0 radical (unpaired) electrons. The van der Waals surface area contributed by atoms with Crippen LogP contribution in [0.4, 0.5) is 0 Å². The number of rotatable bonds is 6. The molecule has 0 spiro atoms. The molecule has 28 heavy (non-hydrogen) atoms. The molecule has 1 saturated carbocycles. The molecule has 1 aromatic rings. The number of ether oxygens (including phenoxy) is 1. The van der Waals surface area contributed by atoms with Crippen molar-refractivity contribution in [2.24, 2.45) is 10.9 Å². The summed E-state index contributed by atoms with van der Waals surface area (Å²) in [6.45, 7) is 8.32. The molecule has 3 aliphatic rings. The number of aliphatic imine (C=N–C) groups is 1. The highest BCUT2D eigenvalue weighted by Crippen LogP contribution is 2.41. The van der Waals surface area contributed by atoms with Crippen molar-refractivity contribution < 1.29 is 4.74 Å². The zero-order chi connectivity index (χ0) is 19.3. The summed E-state index contributed by atoms with van der Waals surface area (Å²) in [6, 6.07) is 9.21. The Hall–Kier alpha value is -1.30. The van der Waals surface area contributed by atoms with Gasteiger partial charge in [-0.1, -0.05) is 23.7 Å². The number of halogens is 1. The van der Waals surface area contributed by atoms with E-state index >= 15 is 0 Å². The largest absolute Gasteiger partial charge is 0.381 e. The number of nitrogens with zero attached hydrogens (tertiary/aromatic N) is 2. The lowest BCUT2D eigenvalue weighted by Gasteiger charge is -2.34. The Balaban J connectivity index is 1.23. The maximum atomic E-state index is 6.15.